The second kappa shape index (κ2) is 7.00. The van der Waals surface area contributed by atoms with Crippen molar-refractivity contribution < 1.29 is 19.1 Å². The van der Waals surface area contributed by atoms with Gasteiger partial charge >= 0.3 is 0 Å². The van der Waals surface area contributed by atoms with Gasteiger partial charge in [-0.25, -0.2) is 0 Å². The third kappa shape index (κ3) is 3.17. The number of fused-ring (bicyclic) bond motifs is 2. The Balaban J connectivity index is 1.36. The van der Waals surface area contributed by atoms with Gasteiger partial charge in [-0.2, -0.15) is 0 Å². The van der Waals surface area contributed by atoms with E-state index in [2.05, 4.69) is 23.5 Å². The van der Waals surface area contributed by atoms with E-state index in [0.29, 0.717) is 30.9 Å². The molecule has 0 bridgehead atoms. The molecule has 1 unspecified atom stereocenters. The number of rotatable bonds is 4. The first-order valence-electron chi connectivity index (χ1n) is 9.47. The average Bonchev–Trinajstić information content (AvgIpc) is 3.28. The van der Waals surface area contributed by atoms with Gasteiger partial charge < -0.3 is 9.64 Å². The molecule has 3 heterocycles. The van der Waals surface area contributed by atoms with Gasteiger partial charge in [0.15, 0.2) is 0 Å². The molecule has 1 aromatic heterocycles. The number of hydrogen-bond donors (Lipinski definition) is 1. The molecule has 0 radical (unpaired) electrons. The highest BCUT2D eigenvalue weighted by atomic mass is 32.1. The van der Waals surface area contributed by atoms with E-state index in [1.165, 1.54) is 10.1 Å². The lowest BCUT2D eigenvalue weighted by atomic mass is 10.0. The number of nitrogens with one attached hydrogen (secondary N) is 1. The molecular formula is C22H18N2O4S. The molecule has 5 rings (SSSR count). The topological polar surface area (TPSA) is 75.7 Å². The predicted molar refractivity (Wildman–Crippen MR) is 109 cm³/mol. The van der Waals surface area contributed by atoms with Gasteiger partial charge in [0.05, 0.1) is 6.54 Å². The Morgan fingerprint density at radius 1 is 1.10 bits per heavy atom. The van der Waals surface area contributed by atoms with E-state index in [4.69, 9.17) is 4.74 Å². The molecule has 1 saturated heterocycles. The van der Waals surface area contributed by atoms with Crippen molar-refractivity contribution in [3.63, 3.8) is 0 Å². The smallest absolute Gasteiger partial charge is 0.255 e. The van der Waals surface area contributed by atoms with Gasteiger partial charge in [0.1, 0.15) is 18.4 Å². The Morgan fingerprint density at radius 2 is 1.97 bits per heavy atom. The van der Waals surface area contributed by atoms with E-state index in [1.807, 2.05) is 18.2 Å². The molecule has 6 nitrogen and oxygen atoms in total. The van der Waals surface area contributed by atoms with Crippen molar-refractivity contribution in [2.24, 2.45) is 0 Å². The number of nitrogens with zero attached hydrogens (tertiary/aromatic N) is 1. The van der Waals surface area contributed by atoms with Gasteiger partial charge in [-0.15, -0.1) is 11.3 Å². The first kappa shape index (κ1) is 17.9. The molecular weight excluding hydrogens is 388 g/mol. The van der Waals surface area contributed by atoms with Gasteiger partial charge in [-0.05, 0) is 36.1 Å². The van der Waals surface area contributed by atoms with Crippen molar-refractivity contribution in [2.45, 2.75) is 32.0 Å². The molecule has 0 aliphatic carbocycles. The Labute approximate surface area is 171 Å². The van der Waals surface area contributed by atoms with Crippen LogP contribution in [0, 0.1) is 0 Å². The van der Waals surface area contributed by atoms with Crippen LogP contribution >= 0.6 is 11.3 Å². The molecule has 1 fully saturated rings. The van der Waals surface area contributed by atoms with E-state index in [1.54, 1.807) is 28.4 Å². The first-order chi connectivity index (χ1) is 14.1. The highest BCUT2D eigenvalue weighted by Gasteiger charge is 2.40. The predicted octanol–water partition coefficient (Wildman–Crippen LogP) is 3.24. The Hall–Kier alpha value is -3.19. The average molecular weight is 406 g/mol. The van der Waals surface area contributed by atoms with Crippen molar-refractivity contribution in [3.05, 3.63) is 64.5 Å². The maximum absolute atomic E-state index is 12.9. The van der Waals surface area contributed by atoms with Crippen LogP contribution in [0.2, 0.25) is 0 Å². The van der Waals surface area contributed by atoms with Crippen LogP contribution < -0.4 is 10.1 Å². The van der Waals surface area contributed by atoms with Crippen molar-refractivity contribution >= 4 is 39.1 Å². The van der Waals surface area contributed by atoms with Gasteiger partial charge in [-0.1, -0.05) is 24.3 Å². The number of amides is 3. The van der Waals surface area contributed by atoms with E-state index < -0.39 is 11.9 Å². The number of thiophene rings is 1. The van der Waals surface area contributed by atoms with Crippen LogP contribution in [0.25, 0.3) is 10.1 Å². The molecule has 29 heavy (non-hydrogen) atoms. The lowest BCUT2D eigenvalue weighted by Crippen LogP contribution is -2.52. The molecule has 1 N–H and O–H groups in total. The number of hydrogen-bond acceptors (Lipinski definition) is 5. The minimum atomic E-state index is -0.622. The second-order valence-electron chi connectivity index (χ2n) is 7.22. The summed E-state index contributed by atoms with van der Waals surface area (Å²) in [5.41, 5.74) is 1.35. The lowest BCUT2D eigenvalue weighted by Gasteiger charge is -2.29. The highest BCUT2D eigenvalue weighted by Crippen LogP contribution is 2.34. The summed E-state index contributed by atoms with van der Waals surface area (Å²) in [6.45, 7) is 0.728. The maximum Gasteiger partial charge on any atom is 0.255 e. The van der Waals surface area contributed by atoms with Crippen molar-refractivity contribution in [1.29, 1.82) is 0 Å². The van der Waals surface area contributed by atoms with Crippen LogP contribution in [-0.4, -0.2) is 28.7 Å². The van der Waals surface area contributed by atoms with Crippen molar-refractivity contribution in [2.75, 3.05) is 0 Å². The molecule has 2 aliphatic rings. The second-order valence-corrected chi connectivity index (χ2v) is 8.39. The van der Waals surface area contributed by atoms with E-state index in [0.717, 1.165) is 10.4 Å². The standard InChI is InChI=1S/C22H18N2O4S/c25-20-9-8-17(21(26)23-20)24-11-16-15(22(24)27)5-3-6-18(16)28-12-14-10-13-4-1-2-7-19(13)29-14/h1-7,10,17H,8-9,11-12H2,(H,23,25,26). The third-order valence-electron chi connectivity index (χ3n) is 5.39. The number of benzene rings is 2. The summed E-state index contributed by atoms with van der Waals surface area (Å²) < 4.78 is 7.28. The Morgan fingerprint density at radius 3 is 2.79 bits per heavy atom. The zero-order chi connectivity index (χ0) is 20.0. The monoisotopic (exact) mass is 406 g/mol. The summed E-state index contributed by atoms with van der Waals surface area (Å²) in [7, 11) is 0. The summed E-state index contributed by atoms with van der Waals surface area (Å²) in [6, 6.07) is 15.1. The van der Waals surface area contributed by atoms with Crippen LogP contribution in [0.5, 0.6) is 5.75 Å². The fourth-order valence-corrected chi connectivity index (χ4v) is 4.93. The van der Waals surface area contributed by atoms with Crippen LogP contribution in [0.4, 0.5) is 0 Å². The zero-order valence-electron chi connectivity index (χ0n) is 15.5. The van der Waals surface area contributed by atoms with Crippen LogP contribution in [0.1, 0.15) is 33.6 Å². The first-order valence-corrected chi connectivity index (χ1v) is 10.3. The molecule has 2 aliphatic heterocycles. The van der Waals surface area contributed by atoms with E-state index in [9.17, 15) is 14.4 Å². The van der Waals surface area contributed by atoms with Crippen molar-refractivity contribution in [1.82, 2.24) is 10.2 Å². The Kier molecular flexibility index (Phi) is 4.32. The number of carbonyl (C=O) groups excluding carboxylic acids is 3. The van der Waals surface area contributed by atoms with Crippen LogP contribution in [0.3, 0.4) is 0 Å². The minimum Gasteiger partial charge on any atom is -0.488 e. The van der Waals surface area contributed by atoms with Gasteiger partial charge in [0.25, 0.3) is 5.91 Å². The molecule has 7 heteroatoms. The summed E-state index contributed by atoms with van der Waals surface area (Å²) in [4.78, 5) is 39.2. The molecule has 146 valence electrons. The van der Waals surface area contributed by atoms with Crippen LogP contribution in [0.15, 0.2) is 48.5 Å². The highest BCUT2D eigenvalue weighted by molar-refractivity contribution is 7.19. The Bertz CT molecular complexity index is 1120. The fourth-order valence-electron chi connectivity index (χ4n) is 3.95. The number of imide groups is 1. The van der Waals surface area contributed by atoms with Gasteiger partial charge in [0.2, 0.25) is 11.8 Å². The number of piperidine rings is 1. The number of ether oxygens (including phenoxy) is 1. The number of carbonyl (C=O) groups is 3. The lowest BCUT2D eigenvalue weighted by molar-refractivity contribution is -0.136. The summed E-state index contributed by atoms with van der Waals surface area (Å²) in [5, 5.41) is 3.51. The van der Waals surface area contributed by atoms with E-state index in [-0.39, 0.29) is 18.2 Å². The van der Waals surface area contributed by atoms with E-state index >= 15 is 0 Å². The SMILES string of the molecule is O=C1CCC(N2Cc3c(OCc4cc5ccccc5s4)cccc3C2=O)C(=O)N1. The third-order valence-corrected chi connectivity index (χ3v) is 6.48. The largest absolute Gasteiger partial charge is 0.488 e. The molecule has 1 atom stereocenters. The zero-order valence-corrected chi connectivity index (χ0v) is 16.3. The normalized spacial score (nSPS) is 18.8. The summed E-state index contributed by atoms with van der Waals surface area (Å²) in [6.07, 6.45) is 0.591. The quantitative estimate of drug-likeness (QED) is 0.675. The minimum absolute atomic E-state index is 0.193. The molecule has 2 aromatic carbocycles. The summed E-state index contributed by atoms with van der Waals surface area (Å²) >= 11 is 1.69. The molecule has 0 spiro atoms. The maximum atomic E-state index is 12.9. The fraction of sp³-hybridized carbons (Fsp3) is 0.227. The molecule has 0 saturated carbocycles. The van der Waals surface area contributed by atoms with Crippen LogP contribution in [-0.2, 0) is 22.7 Å². The molecule has 3 aromatic rings. The van der Waals surface area contributed by atoms with Gasteiger partial charge in [0, 0.05) is 27.1 Å². The molecule has 3 amide bonds. The van der Waals surface area contributed by atoms with Crippen molar-refractivity contribution in [3.8, 4) is 5.75 Å². The van der Waals surface area contributed by atoms with Gasteiger partial charge in [-0.3, -0.25) is 19.7 Å². The summed E-state index contributed by atoms with van der Waals surface area (Å²) in [5.74, 6) is -0.233.